The Morgan fingerprint density at radius 3 is 2.10 bits per heavy atom. The summed E-state index contributed by atoms with van der Waals surface area (Å²) in [5.74, 6) is 0. The molecule has 2 aliphatic rings. The Labute approximate surface area is 187 Å². The summed E-state index contributed by atoms with van der Waals surface area (Å²) < 4.78 is 19.4. The van der Waals surface area contributed by atoms with Crippen molar-refractivity contribution in [3.05, 3.63) is 60.7 Å². The molecule has 0 saturated carbocycles. The van der Waals surface area contributed by atoms with Gasteiger partial charge in [-0.15, -0.1) is 0 Å². The molecular weight excluding hydrogens is 404 g/mol. The fourth-order valence-electron chi connectivity index (χ4n) is 5.19. The van der Waals surface area contributed by atoms with Crippen molar-refractivity contribution in [2.75, 3.05) is 13.2 Å². The lowest BCUT2D eigenvalue weighted by Crippen LogP contribution is -2.67. The first kappa shape index (κ1) is 22.7. The van der Waals surface area contributed by atoms with Crippen LogP contribution in [0.25, 0.3) is 0 Å². The molecule has 0 radical (unpaired) electrons. The first-order valence-electron chi connectivity index (χ1n) is 11.6. The lowest BCUT2D eigenvalue weighted by Gasteiger charge is -2.44. The molecule has 4 rings (SSSR count). The molecule has 5 heteroatoms. The smallest absolute Gasteiger partial charge is 0.261 e. The largest absolute Gasteiger partial charge is 0.405 e. The average Bonchev–Trinajstić information content (AvgIpc) is 2.94. The maximum atomic E-state index is 10.9. The third-order valence-electron chi connectivity index (χ3n) is 6.79. The molecule has 0 aliphatic carbocycles. The normalized spacial score (nSPS) is 27.4. The van der Waals surface area contributed by atoms with E-state index in [9.17, 15) is 5.11 Å². The average molecular weight is 441 g/mol. The molecule has 2 aromatic carbocycles. The number of aliphatic hydroxyl groups excluding tert-OH is 1. The van der Waals surface area contributed by atoms with E-state index in [0.717, 1.165) is 25.9 Å². The molecule has 2 saturated heterocycles. The Morgan fingerprint density at radius 2 is 1.52 bits per heavy atom. The zero-order valence-electron chi connectivity index (χ0n) is 19.0. The highest BCUT2D eigenvalue weighted by Gasteiger charge is 2.51. The standard InChI is InChI=1S/C26H36O4Si/c1-26(2,3)31(20-11-6-4-7-12-20,21-13-8-5-9-14-21)29-19-25-22(27)16-17-23-24(30-25)15-10-18-28-23/h4-9,11-14,22-25,27H,10,15-19H2,1-3H3/t22-,23?,24-,25+/m0/s1. The van der Waals surface area contributed by atoms with Crippen LogP contribution in [0.1, 0.15) is 46.5 Å². The Morgan fingerprint density at radius 1 is 0.903 bits per heavy atom. The number of hydrogen-bond donors (Lipinski definition) is 1. The molecule has 2 aromatic rings. The van der Waals surface area contributed by atoms with Gasteiger partial charge in [-0.1, -0.05) is 81.4 Å². The van der Waals surface area contributed by atoms with Gasteiger partial charge in [0.2, 0.25) is 0 Å². The lowest BCUT2D eigenvalue weighted by atomic mass is 10.0. The van der Waals surface area contributed by atoms with E-state index in [1.807, 2.05) is 0 Å². The molecule has 168 valence electrons. The third-order valence-corrected chi connectivity index (χ3v) is 11.8. The molecule has 1 N–H and O–H groups in total. The monoisotopic (exact) mass is 440 g/mol. The van der Waals surface area contributed by atoms with Crippen molar-refractivity contribution in [3.63, 3.8) is 0 Å². The van der Waals surface area contributed by atoms with Crippen LogP contribution < -0.4 is 10.4 Å². The Hall–Kier alpha value is -1.50. The summed E-state index contributed by atoms with van der Waals surface area (Å²) in [6, 6.07) is 21.3. The van der Waals surface area contributed by atoms with E-state index in [2.05, 4.69) is 81.4 Å². The minimum absolute atomic E-state index is 0.0543. The number of rotatable bonds is 5. The molecule has 2 fully saturated rings. The number of aliphatic hydroxyl groups is 1. The quantitative estimate of drug-likeness (QED) is 0.721. The summed E-state index contributed by atoms with van der Waals surface area (Å²) in [6.45, 7) is 8.00. The second-order valence-electron chi connectivity index (χ2n) is 9.88. The molecular formula is C26H36O4Si. The van der Waals surface area contributed by atoms with Gasteiger partial charge in [0.25, 0.3) is 8.32 Å². The molecule has 1 unspecified atom stereocenters. The van der Waals surface area contributed by atoms with Crippen molar-refractivity contribution in [1.29, 1.82) is 0 Å². The van der Waals surface area contributed by atoms with E-state index in [0.29, 0.717) is 13.0 Å². The maximum absolute atomic E-state index is 10.9. The van der Waals surface area contributed by atoms with Gasteiger partial charge in [-0.25, -0.2) is 0 Å². The minimum atomic E-state index is -2.65. The maximum Gasteiger partial charge on any atom is 0.261 e. The Balaban J connectivity index is 1.66. The second-order valence-corrected chi connectivity index (χ2v) is 14.2. The first-order valence-corrected chi connectivity index (χ1v) is 13.5. The first-order chi connectivity index (χ1) is 14.9. The third kappa shape index (κ3) is 4.66. The summed E-state index contributed by atoms with van der Waals surface area (Å²) in [5, 5.41) is 13.3. The van der Waals surface area contributed by atoms with Gasteiger partial charge in [-0.2, -0.15) is 0 Å². The predicted octanol–water partition coefficient (Wildman–Crippen LogP) is 3.65. The molecule has 2 heterocycles. The summed E-state index contributed by atoms with van der Waals surface area (Å²) in [7, 11) is -2.65. The lowest BCUT2D eigenvalue weighted by molar-refractivity contribution is -0.141. The van der Waals surface area contributed by atoms with Crippen LogP contribution in [0.4, 0.5) is 0 Å². The second kappa shape index (κ2) is 9.55. The van der Waals surface area contributed by atoms with Crippen LogP contribution in [0.5, 0.6) is 0 Å². The van der Waals surface area contributed by atoms with E-state index >= 15 is 0 Å². The van der Waals surface area contributed by atoms with Gasteiger partial charge >= 0.3 is 0 Å². The highest BCUT2D eigenvalue weighted by molar-refractivity contribution is 6.99. The summed E-state index contributed by atoms with van der Waals surface area (Å²) in [5.41, 5.74) is 0. The van der Waals surface area contributed by atoms with Crippen LogP contribution in [0.15, 0.2) is 60.7 Å². The van der Waals surface area contributed by atoms with Crippen molar-refractivity contribution < 1.29 is 19.0 Å². The zero-order chi connectivity index (χ0) is 21.9. The van der Waals surface area contributed by atoms with Crippen LogP contribution in [-0.2, 0) is 13.9 Å². The molecule has 0 aromatic heterocycles. The highest BCUT2D eigenvalue weighted by atomic mass is 28.4. The van der Waals surface area contributed by atoms with E-state index in [-0.39, 0.29) is 23.4 Å². The number of fused-ring (bicyclic) bond motifs is 1. The van der Waals surface area contributed by atoms with Crippen molar-refractivity contribution in [3.8, 4) is 0 Å². The van der Waals surface area contributed by atoms with Crippen molar-refractivity contribution >= 4 is 18.7 Å². The van der Waals surface area contributed by atoms with Crippen molar-refractivity contribution in [2.24, 2.45) is 0 Å². The number of benzene rings is 2. The van der Waals surface area contributed by atoms with E-state index in [4.69, 9.17) is 13.9 Å². The van der Waals surface area contributed by atoms with Crippen LogP contribution in [0.3, 0.4) is 0 Å². The number of ether oxygens (including phenoxy) is 2. The molecule has 2 aliphatic heterocycles. The zero-order valence-corrected chi connectivity index (χ0v) is 20.0. The van der Waals surface area contributed by atoms with E-state index in [1.54, 1.807) is 0 Å². The van der Waals surface area contributed by atoms with Gasteiger partial charge in [-0.3, -0.25) is 0 Å². The molecule has 31 heavy (non-hydrogen) atoms. The van der Waals surface area contributed by atoms with Gasteiger partial charge in [0.05, 0.1) is 24.9 Å². The van der Waals surface area contributed by atoms with Crippen LogP contribution in [0, 0.1) is 0 Å². The summed E-state index contributed by atoms with van der Waals surface area (Å²) in [4.78, 5) is 0. The fourth-order valence-corrected chi connectivity index (χ4v) is 9.76. The van der Waals surface area contributed by atoms with Crippen LogP contribution in [0.2, 0.25) is 5.04 Å². The fraction of sp³-hybridized carbons (Fsp3) is 0.538. The van der Waals surface area contributed by atoms with Gasteiger partial charge in [-0.05, 0) is 41.1 Å². The van der Waals surface area contributed by atoms with Gasteiger partial charge < -0.3 is 19.0 Å². The minimum Gasteiger partial charge on any atom is -0.405 e. The van der Waals surface area contributed by atoms with Crippen LogP contribution in [-0.4, -0.2) is 51.1 Å². The van der Waals surface area contributed by atoms with E-state index in [1.165, 1.54) is 10.4 Å². The summed E-state index contributed by atoms with van der Waals surface area (Å²) in [6.07, 6.45) is 2.83. The molecule has 0 bridgehead atoms. The Bertz CT molecular complexity index is 781. The molecule has 4 nitrogen and oxygen atoms in total. The summed E-state index contributed by atoms with van der Waals surface area (Å²) >= 11 is 0. The molecule has 0 spiro atoms. The van der Waals surface area contributed by atoms with Gasteiger partial charge in [0, 0.05) is 6.61 Å². The Kier molecular flexibility index (Phi) is 6.99. The van der Waals surface area contributed by atoms with Crippen LogP contribution >= 0.6 is 0 Å². The predicted molar refractivity (Wildman–Crippen MR) is 126 cm³/mol. The van der Waals surface area contributed by atoms with E-state index < -0.39 is 14.4 Å². The number of hydrogen-bond acceptors (Lipinski definition) is 4. The topological polar surface area (TPSA) is 47.9 Å². The molecule has 4 atom stereocenters. The highest BCUT2D eigenvalue weighted by Crippen LogP contribution is 2.37. The van der Waals surface area contributed by atoms with Crippen molar-refractivity contribution in [2.45, 2.75) is 75.9 Å². The van der Waals surface area contributed by atoms with Gasteiger partial charge in [0.15, 0.2) is 0 Å². The molecule has 0 amide bonds. The SMILES string of the molecule is CC(C)(C)[Si](OC[C@H]1O[C@H]2CCCOC2CC[C@@H]1O)(c1ccccc1)c1ccccc1. The van der Waals surface area contributed by atoms with Gasteiger partial charge in [0.1, 0.15) is 6.10 Å². The van der Waals surface area contributed by atoms with Crippen molar-refractivity contribution in [1.82, 2.24) is 0 Å².